The molecule has 2 rings (SSSR count). The van der Waals surface area contributed by atoms with E-state index in [-0.39, 0.29) is 24.6 Å². The Balaban J connectivity index is 1.57. The van der Waals surface area contributed by atoms with Crippen LogP contribution in [0.4, 0.5) is 8.78 Å². The van der Waals surface area contributed by atoms with E-state index in [0.717, 1.165) is 23.4 Å². The van der Waals surface area contributed by atoms with E-state index in [2.05, 4.69) is 10.6 Å². The number of rotatable bonds is 9. The number of benzene rings is 2. The van der Waals surface area contributed by atoms with Gasteiger partial charge in [-0.05, 0) is 37.6 Å². The van der Waals surface area contributed by atoms with E-state index in [1.54, 1.807) is 0 Å². The predicted molar refractivity (Wildman–Crippen MR) is 97.6 cm³/mol. The van der Waals surface area contributed by atoms with Gasteiger partial charge in [0.15, 0.2) is 0 Å². The molecule has 27 heavy (non-hydrogen) atoms. The number of carbonyl (C=O) groups excluding carboxylic acids is 2. The lowest BCUT2D eigenvalue weighted by Gasteiger charge is -2.09. The summed E-state index contributed by atoms with van der Waals surface area (Å²) in [6.07, 6.45) is 0.860. The van der Waals surface area contributed by atoms with E-state index >= 15 is 0 Å². The third kappa shape index (κ3) is 7.05. The summed E-state index contributed by atoms with van der Waals surface area (Å²) in [6, 6.07) is 10.4. The van der Waals surface area contributed by atoms with Crippen molar-refractivity contribution in [3.8, 4) is 5.75 Å². The summed E-state index contributed by atoms with van der Waals surface area (Å²) in [5, 5.41) is 5.12. The summed E-state index contributed by atoms with van der Waals surface area (Å²) in [4.78, 5) is 23.5. The molecular formula is C20H22F2N2O3. The van der Waals surface area contributed by atoms with Crippen molar-refractivity contribution in [3.63, 3.8) is 0 Å². The van der Waals surface area contributed by atoms with Crippen molar-refractivity contribution in [3.05, 3.63) is 65.2 Å². The van der Waals surface area contributed by atoms with Gasteiger partial charge in [0.1, 0.15) is 17.4 Å². The zero-order chi connectivity index (χ0) is 19.6. The molecule has 0 bridgehead atoms. The summed E-state index contributed by atoms with van der Waals surface area (Å²) < 4.78 is 31.8. The Kier molecular flexibility index (Phi) is 7.73. The Labute approximate surface area is 156 Å². The van der Waals surface area contributed by atoms with Crippen molar-refractivity contribution in [2.75, 3.05) is 19.7 Å². The molecule has 5 nitrogen and oxygen atoms in total. The van der Waals surface area contributed by atoms with Crippen LogP contribution >= 0.6 is 0 Å². The molecule has 144 valence electrons. The van der Waals surface area contributed by atoms with Gasteiger partial charge >= 0.3 is 0 Å². The molecule has 0 fully saturated rings. The number of ether oxygens (including phenoxy) is 1. The van der Waals surface area contributed by atoms with Crippen LogP contribution in [0.5, 0.6) is 5.75 Å². The lowest BCUT2D eigenvalue weighted by Crippen LogP contribution is -2.35. The molecule has 0 atom stereocenters. The van der Waals surface area contributed by atoms with Crippen molar-refractivity contribution in [2.24, 2.45) is 0 Å². The number of aryl methyl sites for hydroxylation is 1. The van der Waals surface area contributed by atoms with Crippen LogP contribution < -0.4 is 15.4 Å². The van der Waals surface area contributed by atoms with Crippen LogP contribution in [-0.2, 0) is 4.79 Å². The van der Waals surface area contributed by atoms with Crippen LogP contribution in [0.25, 0.3) is 0 Å². The quantitative estimate of drug-likeness (QED) is 0.661. The third-order valence-corrected chi connectivity index (χ3v) is 3.75. The maximum absolute atomic E-state index is 13.5. The molecule has 2 aromatic carbocycles. The molecule has 0 aliphatic rings. The van der Waals surface area contributed by atoms with Crippen LogP contribution in [0.15, 0.2) is 42.5 Å². The minimum atomic E-state index is -0.926. The summed E-state index contributed by atoms with van der Waals surface area (Å²) >= 11 is 0. The molecule has 2 N–H and O–H groups in total. The molecule has 0 aliphatic carbocycles. The zero-order valence-electron chi connectivity index (χ0n) is 15.1. The van der Waals surface area contributed by atoms with Gasteiger partial charge in [0, 0.05) is 25.6 Å². The summed E-state index contributed by atoms with van der Waals surface area (Å²) in [7, 11) is 0. The average Bonchev–Trinajstić information content (AvgIpc) is 2.63. The number of amides is 2. The summed E-state index contributed by atoms with van der Waals surface area (Å²) in [6.45, 7) is 2.78. The molecule has 0 aliphatic heterocycles. The van der Waals surface area contributed by atoms with E-state index in [1.165, 1.54) is 0 Å². The Morgan fingerprint density at radius 3 is 2.41 bits per heavy atom. The van der Waals surface area contributed by atoms with Gasteiger partial charge in [-0.2, -0.15) is 0 Å². The van der Waals surface area contributed by atoms with Gasteiger partial charge in [0.25, 0.3) is 5.91 Å². The van der Waals surface area contributed by atoms with Gasteiger partial charge in [-0.25, -0.2) is 8.78 Å². The Hall–Kier alpha value is -2.96. The number of nitrogens with one attached hydrogen (secondary N) is 2. The second-order valence-corrected chi connectivity index (χ2v) is 6.00. The minimum Gasteiger partial charge on any atom is -0.494 e. The van der Waals surface area contributed by atoms with Gasteiger partial charge in [-0.1, -0.05) is 17.7 Å². The highest BCUT2D eigenvalue weighted by atomic mass is 19.1. The molecular weight excluding hydrogens is 354 g/mol. The largest absolute Gasteiger partial charge is 0.494 e. The molecule has 0 radical (unpaired) electrons. The maximum atomic E-state index is 13.5. The first-order valence-electron chi connectivity index (χ1n) is 8.65. The normalized spacial score (nSPS) is 10.3. The van der Waals surface area contributed by atoms with E-state index in [0.29, 0.717) is 25.5 Å². The highest BCUT2D eigenvalue weighted by Crippen LogP contribution is 2.12. The first-order valence-corrected chi connectivity index (χ1v) is 8.65. The first kappa shape index (κ1) is 20.4. The zero-order valence-corrected chi connectivity index (χ0v) is 15.1. The fourth-order valence-electron chi connectivity index (χ4n) is 2.29. The van der Waals surface area contributed by atoms with E-state index in [1.807, 2.05) is 31.2 Å². The Morgan fingerprint density at radius 1 is 1.00 bits per heavy atom. The Bertz CT molecular complexity index is 779. The van der Waals surface area contributed by atoms with Gasteiger partial charge in [-0.15, -0.1) is 0 Å². The summed E-state index contributed by atoms with van der Waals surface area (Å²) in [5.74, 6) is -1.73. The smallest absolute Gasteiger partial charge is 0.254 e. The number of hydrogen-bond donors (Lipinski definition) is 2. The highest BCUT2D eigenvalue weighted by molar-refractivity contribution is 5.94. The van der Waals surface area contributed by atoms with Crippen LogP contribution in [0.3, 0.4) is 0 Å². The monoisotopic (exact) mass is 376 g/mol. The van der Waals surface area contributed by atoms with E-state index in [4.69, 9.17) is 4.74 Å². The molecule has 0 aromatic heterocycles. The molecule has 0 saturated carbocycles. The molecule has 2 aromatic rings. The van der Waals surface area contributed by atoms with Crippen molar-refractivity contribution < 1.29 is 23.1 Å². The van der Waals surface area contributed by atoms with Crippen molar-refractivity contribution >= 4 is 11.8 Å². The average molecular weight is 376 g/mol. The predicted octanol–water partition coefficient (Wildman–Crippen LogP) is 2.98. The topological polar surface area (TPSA) is 67.4 Å². The molecule has 7 heteroatoms. The lowest BCUT2D eigenvalue weighted by atomic mass is 10.2. The molecule has 0 unspecified atom stereocenters. The van der Waals surface area contributed by atoms with E-state index < -0.39 is 17.5 Å². The molecule has 0 spiro atoms. The fraction of sp³-hybridized carbons (Fsp3) is 0.300. The van der Waals surface area contributed by atoms with Gasteiger partial charge in [0.2, 0.25) is 5.91 Å². The minimum absolute atomic E-state index is 0.140. The lowest BCUT2D eigenvalue weighted by molar-refractivity contribution is -0.121. The highest BCUT2D eigenvalue weighted by Gasteiger charge is 2.11. The SMILES string of the molecule is Cc1ccc(OCCCC(=O)NCCNC(=O)c2ccc(F)cc2F)cc1. The summed E-state index contributed by atoms with van der Waals surface area (Å²) in [5.41, 5.74) is 0.909. The van der Waals surface area contributed by atoms with Crippen molar-refractivity contribution in [2.45, 2.75) is 19.8 Å². The van der Waals surface area contributed by atoms with Crippen LogP contribution in [0.2, 0.25) is 0 Å². The van der Waals surface area contributed by atoms with Gasteiger partial charge < -0.3 is 15.4 Å². The van der Waals surface area contributed by atoms with Crippen molar-refractivity contribution in [1.29, 1.82) is 0 Å². The third-order valence-electron chi connectivity index (χ3n) is 3.75. The Morgan fingerprint density at radius 2 is 1.70 bits per heavy atom. The van der Waals surface area contributed by atoms with Crippen molar-refractivity contribution in [1.82, 2.24) is 10.6 Å². The second-order valence-electron chi connectivity index (χ2n) is 6.00. The van der Waals surface area contributed by atoms with E-state index in [9.17, 15) is 18.4 Å². The molecule has 0 heterocycles. The number of halogens is 2. The first-order chi connectivity index (χ1) is 13.0. The number of hydrogen-bond acceptors (Lipinski definition) is 3. The number of carbonyl (C=O) groups is 2. The molecule has 2 amide bonds. The standard InChI is InChI=1S/C20H22F2N2O3/c1-14-4-7-16(8-5-14)27-12-2-3-19(25)23-10-11-24-20(26)17-9-6-15(21)13-18(17)22/h4-9,13H,2-3,10-12H2,1H3,(H,23,25)(H,24,26). The molecule has 0 saturated heterocycles. The van der Waals surface area contributed by atoms with Crippen LogP contribution in [0, 0.1) is 18.6 Å². The van der Waals surface area contributed by atoms with Gasteiger partial charge in [0.05, 0.1) is 12.2 Å². The van der Waals surface area contributed by atoms with Crippen LogP contribution in [-0.4, -0.2) is 31.5 Å². The van der Waals surface area contributed by atoms with Gasteiger partial charge in [-0.3, -0.25) is 9.59 Å². The second kappa shape index (κ2) is 10.3. The van der Waals surface area contributed by atoms with Crippen LogP contribution in [0.1, 0.15) is 28.8 Å². The fourth-order valence-corrected chi connectivity index (χ4v) is 2.29. The maximum Gasteiger partial charge on any atom is 0.254 e.